The molecule has 0 aliphatic carbocycles. The summed E-state index contributed by atoms with van der Waals surface area (Å²) in [6, 6.07) is 3.89. The van der Waals surface area contributed by atoms with E-state index in [4.69, 9.17) is 0 Å². The zero-order valence-electron chi connectivity index (χ0n) is 15.2. The second-order valence-corrected chi connectivity index (χ2v) is 7.37. The minimum absolute atomic E-state index is 0.0378. The second kappa shape index (κ2) is 6.77. The van der Waals surface area contributed by atoms with Crippen LogP contribution in [0, 0.1) is 0 Å². The van der Waals surface area contributed by atoms with Gasteiger partial charge in [0.15, 0.2) is 5.82 Å². The van der Waals surface area contributed by atoms with Gasteiger partial charge in [0.25, 0.3) is 0 Å². The fraction of sp³-hybridized carbons (Fsp3) is 0.474. The summed E-state index contributed by atoms with van der Waals surface area (Å²) >= 11 is 0. The van der Waals surface area contributed by atoms with E-state index in [1.807, 2.05) is 12.3 Å². The second-order valence-electron chi connectivity index (χ2n) is 7.37. The van der Waals surface area contributed by atoms with Crippen molar-refractivity contribution < 1.29 is 4.79 Å². The van der Waals surface area contributed by atoms with Gasteiger partial charge in [-0.15, -0.1) is 0 Å². The highest BCUT2D eigenvalue weighted by molar-refractivity contribution is 6.03. The molecular weight excluding hydrogens is 342 g/mol. The third kappa shape index (κ3) is 3.10. The molecule has 0 bridgehead atoms. The Morgan fingerprint density at radius 1 is 1.07 bits per heavy atom. The lowest BCUT2D eigenvalue weighted by molar-refractivity contribution is -0.117. The van der Waals surface area contributed by atoms with E-state index in [1.165, 1.54) is 0 Å². The van der Waals surface area contributed by atoms with Gasteiger partial charge in [-0.3, -0.25) is 9.69 Å². The molecule has 2 fully saturated rings. The fourth-order valence-electron chi connectivity index (χ4n) is 4.24. The highest BCUT2D eigenvalue weighted by atomic mass is 16.2. The molecule has 5 rings (SSSR count). The van der Waals surface area contributed by atoms with Crippen LogP contribution in [0.2, 0.25) is 0 Å². The first-order valence-electron chi connectivity index (χ1n) is 9.59. The quantitative estimate of drug-likeness (QED) is 0.873. The van der Waals surface area contributed by atoms with E-state index in [0.717, 1.165) is 75.1 Å². The van der Waals surface area contributed by atoms with Gasteiger partial charge in [0.05, 0.1) is 5.69 Å². The molecule has 3 aliphatic rings. The van der Waals surface area contributed by atoms with Crippen molar-refractivity contribution in [2.45, 2.75) is 25.4 Å². The molecule has 1 amide bonds. The molecule has 3 aliphatic heterocycles. The third-order valence-electron chi connectivity index (χ3n) is 5.62. The molecule has 2 saturated heterocycles. The van der Waals surface area contributed by atoms with Crippen molar-refractivity contribution >= 4 is 23.4 Å². The zero-order valence-corrected chi connectivity index (χ0v) is 15.2. The molecule has 8 nitrogen and oxygen atoms in total. The van der Waals surface area contributed by atoms with Crippen molar-refractivity contribution in [2.24, 2.45) is 0 Å². The first kappa shape index (κ1) is 16.4. The maximum absolute atomic E-state index is 12.3. The molecule has 27 heavy (non-hydrogen) atoms. The molecule has 1 atom stereocenters. The summed E-state index contributed by atoms with van der Waals surface area (Å²) in [5.74, 6) is 1.83. The van der Waals surface area contributed by atoms with Crippen LogP contribution in [-0.2, 0) is 11.3 Å². The van der Waals surface area contributed by atoms with Gasteiger partial charge in [-0.1, -0.05) is 0 Å². The lowest BCUT2D eigenvalue weighted by Crippen LogP contribution is -2.46. The van der Waals surface area contributed by atoms with Crippen LogP contribution in [0.15, 0.2) is 30.7 Å². The van der Waals surface area contributed by atoms with Crippen molar-refractivity contribution in [2.75, 3.05) is 47.8 Å². The highest BCUT2D eigenvalue weighted by Crippen LogP contribution is 2.35. The number of piperazine rings is 1. The Hall–Kier alpha value is -2.74. The minimum Gasteiger partial charge on any atom is -0.343 e. The summed E-state index contributed by atoms with van der Waals surface area (Å²) < 4.78 is 0. The molecule has 140 valence electrons. The number of rotatable bonds is 3. The molecule has 1 N–H and O–H groups in total. The summed E-state index contributed by atoms with van der Waals surface area (Å²) in [7, 11) is 0. The zero-order chi connectivity index (χ0) is 18.2. The van der Waals surface area contributed by atoms with Crippen LogP contribution < -0.4 is 15.1 Å². The number of carbonyl (C=O) groups is 1. The fourth-order valence-corrected chi connectivity index (χ4v) is 4.24. The molecule has 1 unspecified atom stereocenters. The number of anilines is 3. The van der Waals surface area contributed by atoms with Crippen LogP contribution in [0.3, 0.4) is 0 Å². The number of amides is 1. The van der Waals surface area contributed by atoms with Gasteiger partial charge in [0.2, 0.25) is 11.9 Å². The average molecular weight is 365 g/mol. The number of aromatic nitrogens is 3. The highest BCUT2D eigenvalue weighted by Gasteiger charge is 2.37. The molecule has 2 aromatic heterocycles. The van der Waals surface area contributed by atoms with Gasteiger partial charge in [-0.05, 0) is 30.5 Å². The van der Waals surface area contributed by atoms with E-state index in [1.54, 1.807) is 12.4 Å². The summed E-state index contributed by atoms with van der Waals surface area (Å²) in [4.78, 5) is 32.4. The van der Waals surface area contributed by atoms with E-state index in [0.29, 0.717) is 0 Å². The lowest BCUT2D eigenvalue weighted by Gasteiger charge is -2.35. The number of pyridine rings is 1. The average Bonchev–Trinajstić information content (AvgIpc) is 3.20. The van der Waals surface area contributed by atoms with E-state index >= 15 is 0 Å². The van der Waals surface area contributed by atoms with Gasteiger partial charge in [0.1, 0.15) is 6.04 Å². The first-order valence-corrected chi connectivity index (χ1v) is 9.59. The normalized spacial score (nSPS) is 22.4. The monoisotopic (exact) mass is 365 g/mol. The van der Waals surface area contributed by atoms with Gasteiger partial charge >= 0.3 is 0 Å². The summed E-state index contributed by atoms with van der Waals surface area (Å²) in [6.07, 6.45) is 7.50. The lowest BCUT2D eigenvalue weighted by atomic mass is 10.1. The number of carbonyl (C=O) groups excluding carboxylic acids is 1. The number of hydrogen-bond acceptors (Lipinski definition) is 7. The predicted molar refractivity (Wildman–Crippen MR) is 103 cm³/mol. The Labute approximate surface area is 158 Å². The van der Waals surface area contributed by atoms with E-state index < -0.39 is 0 Å². The number of fused-ring (bicyclic) bond motifs is 3. The molecule has 0 aromatic carbocycles. The molecule has 2 aromatic rings. The Bertz CT molecular complexity index is 835. The minimum atomic E-state index is -0.0378. The largest absolute Gasteiger partial charge is 0.343 e. The van der Waals surface area contributed by atoms with Crippen LogP contribution in [-0.4, -0.2) is 64.5 Å². The third-order valence-corrected chi connectivity index (χ3v) is 5.62. The van der Waals surface area contributed by atoms with Crippen molar-refractivity contribution in [1.82, 2.24) is 19.9 Å². The Kier molecular flexibility index (Phi) is 4.12. The number of nitrogens with zero attached hydrogens (tertiary/aromatic N) is 6. The predicted octanol–water partition coefficient (Wildman–Crippen LogP) is 1.11. The molecule has 5 heterocycles. The standard InChI is InChI=1S/C19H23N7O/c27-18-16-3-1-6-26(16)17-15(23-18)11-14(12-22-17)13-24-7-9-25(10-8-24)19-20-4-2-5-21-19/h2,4-5,11-12,16H,1,3,6-10,13H2,(H,23,27). The topological polar surface area (TPSA) is 77.5 Å². The summed E-state index contributed by atoms with van der Waals surface area (Å²) in [5, 5.41) is 3.05. The smallest absolute Gasteiger partial charge is 0.247 e. The van der Waals surface area contributed by atoms with Gasteiger partial charge in [-0.25, -0.2) is 15.0 Å². The van der Waals surface area contributed by atoms with Crippen LogP contribution >= 0.6 is 0 Å². The Morgan fingerprint density at radius 3 is 2.70 bits per heavy atom. The Morgan fingerprint density at radius 2 is 1.89 bits per heavy atom. The van der Waals surface area contributed by atoms with Crippen molar-refractivity contribution in [3.63, 3.8) is 0 Å². The summed E-state index contributed by atoms with van der Waals surface area (Å²) in [6.45, 7) is 5.49. The SMILES string of the molecule is O=C1Nc2cc(CN3CCN(c4ncccn4)CC3)cnc2N2CCCC12. The van der Waals surface area contributed by atoms with Gasteiger partial charge in [0, 0.05) is 57.9 Å². The van der Waals surface area contributed by atoms with Crippen LogP contribution in [0.25, 0.3) is 0 Å². The maximum Gasteiger partial charge on any atom is 0.247 e. The van der Waals surface area contributed by atoms with Crippen LogP contribution in [0.5, 0.6) is 0 Å². The van der Waals surface area contributed by atoms with E-state index in [-0.39, 0.29) is 11.9 Å². The van der Waals surface area contributed by atoms with Crippen molar-refractivity contribution in [3.05, 3.63) is 36.3 Å². The molecule has 0 spiro atoms. The van der Waals surface area contributed by atoms with Crippen LogP contribution in [0.4, 0.5) is 17.5 Å². The molecule has 8 heteroatoms. The van der Waals surface area contributed by atoms with Crippen molar-refractivity contribution in [3.8, 4) is 0 Å². The van der Waals surface area contributed by atoms with Gasteiger partial charge in [-0.2, -0.15) is 0 Å². The molecular formula is C19H23N7O. The van der Waals surface area contributed by atoms with E-state index in [9.17, 15) is 4.79 Å². The van der Waals surface area contributed by atoms with E-state index in [2.05, 4.69) is 41.0 Å². The number of hydrogen-bond donors (Lipinski definition) is 1. The van der Waals surface area contributed by atoms with Crippen molar-refractivity contribution in [1.29, 1.82) is 0 Å². The number of nitrogens with one attached hydrogen (secondary N) is 1. The molecule has 0 radical (unpaired) electrons. The summed E-state index contributed by atoms with van der Waals surface area (Å²) in [5.41, 5.74) is 1.99. The van der Waals surface area contributed by atoms with Crippen LogP contribution in [0.1, 0.15) is 18.4 Å². The molecule has 0 saturated carbocycles. The van der Waals surface area contributed by atoms with Gasteiger partial charge < -0.3 is 15.1 Å². The maximum atomic E-state index is 12.3. The first-order chi connectivity index (χ1) is 13.3. The Balaban J connectivity index is 1.25.